The standard InChI is InChI=1S/C16H21N3O2/c1-3-4-6-11-14(16(21)19(2)12-17)18-15(20)13-9-7-5-8-10-13/h5,7-10,14H,3-4,6,11H2,1-2H3,(H,18,20)/t14-/m0/s1. The van der Waals surface area contributed by atoms with Crippen LogP contribution in [0.15, 0.2) is 30.3 Å². The molecule has 0 saturated carbocycles. The van der Waals surface area contributed by atoms with Gasteiger partial charge in [0.25, 0.3) is 11.8 Å². The summed E-state index contributed by atoms with van der Waals surface area (Å²) in [7, 11) is 1.41. The van der Waals surface area contributed by atoms with Gasteiger partial charge in [0.1, 0.15) is 6.04 Å². The molecule has 1 aromatic carbocycles. The van der Waals surface area contributed by atoms with Crippen LogP contribution in [0.25, 0.3) is 0 Å². The van der Waals surface area contributed by atoms with Crippen molar-refractivity contribution in [3.05, 3.63) is 35.9 Å². The summed E-state index contributed by atoms with van der Waals surface area (Å²) in [4.78, 5) is 25.2. The molecule has 0 fully saturated rings. The maximum Gasteiger partial charge on any atom is 0.257 e. The average Bonchev–Trinajstić information content (AvgIpc) is 2.53. The van der Waals surface area contributed by atoms with E-state index in [4.69, 9.17) is 5.26 Å². The highest BCUT2D eigenvalue weighted by atomic mass is 16.2. The number of unbranched alkanes of at least 4 members (excludes halogenated alkanes) is 2. The minimum atomic E-state index is -0.658. The van der Waals surface area contributed by atoms with Gasteiger partial charge in [-0.1, -0.05) is 44.4 Å². The number of rotatable bonds is 7. The number of nitrogens with one attached hydrogen (secondary N) is 1. The van der Waals surface area contributed by atoms with E-state index >= 15 is 0 Å². The third-order valence-electron chi connectivity index (χ3n) is 3.22. The summed E-state index contributed by atoms with van der Waals surface area (Å²) in [6.07, 6.45) is 5.17. The molecule has 1 N–H and O–H groups in total. The topological polar surface area (TPSA) is 73.2 Å². The SMILES string of the molecule is CCCCC[C@H](NC(=O)c1ccccc1)C(=O)N(C)C#N. The van der Waals surface area contributed by atoms with E-state index in [9.17, 15) is 9.59 Å². The second-order valence-corrected chi connectivity index (χ2v) is 4.89. The van der Waals surface area contributed by atoms with Crippen molar-refractivity contribution in [1.82, 2.24) is 10.2 Å². The van der Waals surface area contributed by atoms with Crippen LogP contribution in [-0.2, 0) is 4.79 Å². The maximum absolute atomic E-state index is 12.1. The number of carbonyl (C=O) groups excluding carboxylic acids is 2. The molecule has 0 radical (unpaired) electrons. The maximum atomic E-state index is 12.1. The van der Waals surface area contributed by atoms with Gasteiger partial charge in [-0.15, -0.1) is 0 Å². The van der Waals surface area contributed by atoms with Crippen LogP contribution in [0, 0.1) is 11.5 Å². The minimum absolute atomic E-state index is 0.295. The molecule has 0 aliphatic heterocycles. The molecular weight excluding hydrogens is 266 g/mol. The number of hydrogen-bond donors (Lipinski definition) is 1. The third-order valence-corrected chi connectivity index (χ3v) is 3.22. The van der Waals surface area contributed by atoms with Gasteiger partial charge >= 0.3 is 0 Å². The van der Waals surface area contributed by atoms with Gasteiger partial charge < -0.3 is 5.32 Å². The second kappa shape index (κ2) is 8.75. The molecular formula is C16H21N3O2. The zero-order valence-electron chi connectivity index (χ0n) is 12.5. The van der Waals surface area contributed by atoms with Crippen LogP contribution < -0.4 is 5.32 Å². The minimum Gasteiger partial charge on any atom is -0.340 e. The fraction of sp³-hybridized carbons (Fsp3) is 0.438. The average molecular weight is 287 g/mol. The number of carbonyl (C=O) groups is 2. The lowest BCUT2D eigenvalue weighted by Crippen LogP contribution is -2.46. The molecule has 0 spiro atoms. The number of hydrogen-bond acceptors (Lipinski definition) is 3. The van der Waals surface area contributed by atoms with Crippen LogP contribution in [0.3, 0.4) is 0 Å². The van der Waals surface area contributed by atoms with Crippen LogP contribution >= 0.6 is 0 Å². The van der Waals surface area contributed by atoms with Crippen molar-refractivity contribution in [2.24, 2.45) is 0 Å². The zero-order valence-corrected chi connectivity index (χ0v) is 12.5. The molecule has 0 saturated heterocycles. The predicted octanol–water partition coefficient (Wildman–Crippen LogP) is 2.30. The van der Waals surface area contributed by atoms with Gasteiger partial charge in [0.15, 0.2) is 6.19 Å². The Morgan fingerprint density at radius 1 is 1.29 bits per heavy atom. The van der Waals surface area contributed by atoms with E-state index in [2.05, 4.69) is 12.2 Å². The Labute approximate surface area is 125 Å². The van der Waals surface area contributed by atoms with Gasteiger partial charge in [-0.05, 0) is 18.6 Å². The van der Waals surface area contributed by atoms with E-state index in [-0.39, 0.29) is 11.8 Å². The van der Waals surface area contributed by atoms with Crippen LogP contribution in [0.4, 0.5) is 0 Å². The number of likely N-dealkylation sites (N-methyl/N-ethyl adjacent to an activating group) is 1. The van der Waals surface area contributed by atoms with Gasteiger partial charge in [0.2, 0.25) is 0 Å². The first-order chi connectivity index (χ1) is 10.1. The van der Waals surface area contributed by atoms with E-state index in [1.807, 2.05) is 6.07 Å². The largest absolute Gasteiger partial charge is 0.340 e. The van der Waals surface area contributed by atoms with E-state index in [0.29, 0.717) is 12.0 Å². The summed E-state index contributed by atoms with van der Waals surface area (Å²) in [5, 5.41) is 11.5. The Kier molecular flexibility index (Phi) is 6.96. The predicted molar refractivity (Wildman–Crippen MR) is 80.2 cm³/mol. The van der Waals surface area contributed by atoms with E-state index in [0.717, 1.165) is 24.2 Å². The second-order valence-electron chi connectivity index (χ2n) is 4.89. The van der Waals surface area contributed by atoms with E-state index in [1.165, 1.54) is 7.05 Å². The van der Waals surface area contributed by atoms with Crippen molar-refractivity contribution in [2.75, 3.05) is 7.05 Å². The molecule has 1 rings (SSSR count). The Bertz CT molecular complexity index is 508. The third kappa shape index (κ3) is 5.27. The lowest BCUT2D eigenvalue weighted by atomic mass is 10.1. The molecule has 21 heavy (non-hydrogen) atoms. The number of benzene rings is 1. The smallest absolute Gasteiger partial charge is 0.257 e. The Balaban J connectivity index is 2.74. The highest BCUT2D eigenvalue weighted by Crippen LogP contribution is 2.08. The Morgan fingerprint density at radius 2 is 1.95 bits per heavy atom. The molecule has 0 aromatic heterocycles. The summed E-state index contributed by atoms with van der Waals surface area (Å²) >= 11 is 0. The monoisotopic (exact) mass is 287 g/mol. The molecule has 1 aromatic rings. The summed E-state index contributed by atoms with van der Waals surface area (Å²) in [6, 6.07) is 8.08. The van der Waals surface area contributed by atoms with Gasteiger partial charge in [0.05, 0.1) is 0 Å². The highest BCUT2D eigenvalue weighted by molar-refractivity contribution is 5.97. The fourth-order valence-electron chi connectivity index (χ4n) is 1.97. The van der Waals surface area contributed by atoms with Crippen molar-refractivity contribution in [3.8, 4) is 6.19 Å². The van der Waals surface area contributed by atoms with Crippen LogP contribution in [0.2, 0.25) is 0 Å². The summed E-state index contributed by atoms with van der Waals surface area (Å²) in [5.41, 5.74) is 0.505. The summed E-state index contributed by atoms with van der Waals surface area (Å²) < 4.78 is 0. The Hall–Kier alpha value is -2.35. The molecule has 112 valence electrons. The molecule has 0 aliphatic carbocycles. The molecule has 5 nitrogen and oxygen atoms in total. The molecule has 0 bridgehead atoms. The zero-order chi connectivity index (χ0) is 15.7. The highest BCUT2D eigenvalue weighted by Gasteiger charge is 2.23. The number of amides is 2. The molecule has 2 amide bonds. The first-order valence-corrected chi connectivity index (χ1v) is 7.13. The summed E-state index contributed by atoms with van der Waals surface area (Å²) in [5.74, 6) is -0.672. The first-order valence-electron chi connectivity index (χ1n) is 7.13. The van der Waals surface area contributed by atoms with E-state index < -0.39 is 6.04 Å². The van der Waals surface area contributed by atoms with Crippen molar-refractivity contribution >= 4 is 11.8 Å². The Morgan fingerprint density at radius 3 is 2.52 bits per heavy atom. The molecule has 5 heteroatoms. The summed E-state index contributed by atoms with van der Waals surface area (Å²) in [6.45, 7) is 2.07. The fourth-order valence-corrected chi connectivity index (χ4v) is 1.97. The van der Waals surface area contributed by atoms with Gasteiger partial charge in [-0.3, -0.25) is 14.5 Å². The lowest BCUT2D eigenvalue weighted by Gasteiger charge is -2.20. The molecule has 0 aliphatic rings. The molecule has 1 atom stereocenters. The van der Waals surface area contributed by atoms with Gasteiger partial charge in [-0.2, -0.15) is 5.26 Å². The molecule has 0 heterocycles. The van der Waals surface area contributed by atoms with Crippen molar-refractivity contribution in [3.63, 3.8) is 0 Å². The molecule has 0 unspecified atom stereocenters. The van der Waals surface area contributed by atoms with Crippen LogP contribution in [0.1, 0.15) is 43.0 Å². The van der Waals surface area contributed by atoms with Gasteiger partial charge in [-0.25, -0.2) is 0 Å². The quantitative estimate of drug-likeness (QED) is 0.475. The van der Waals surface area contributed by atoms with Crippen LogP contribution in [-0.4, -0.2) is 29.8 Å². The lowest BCUT2D eigenvalue weighted by molar-refractivity contribution is -0.129. The number of nitriles is 1. The van der Waals surface area contributed by atoms with Crippen molar-refractivity contribution in [2.45, 2.75) is 38.6 Å². The van der Waals surface area contributed by atoms with Crippen molar-refractivity contribution in [1.29, 1.82) is 5.26 Å². The van der Waals surface area contributed by atoms with Gasteiger partial charge in [0, 0.05) is 12.6 Å². The van der Waals surface area contributed by atoms with Crippen LogP contribution in [0.5, 0.6) is 0 Å². The first kappa shape index (κ1) is 16.7. The normalized spacial score (nSPS) is 11.3. The van der Waals surface area contributed by atoms with E-state index in [1.54, 1.807) is 30.5 Å². The number of nitrogens with zero attached hydrogens (tertiary/aromatic N) is 2. The van der Waals surface area contributed by atoms with Crippen molar-refractivity contribution < 1.29 is 9.59 Å².